The molecule has 3 rings (SSSR count). The predicted molar refractivity (Wildman–Crippen MR) is 66.9 cm³/mol. The molecule has 0 spiro atoms. The summed E-state index contributed by atoms with van der Waals surface area (Å²) >= 11 is 0. The maximum atomic E-state index is 13.0. The predicted octanol–water partition coefficient (Wildman–Crippen LogP) is 0.0298. The van der Waals surface area contributed by atoms with Crippen molar-refractivity contribution in [3.8, 4) is 0 Å². The fourth-order valence-corrected chi connectivity index (χ4v) is 1.65. The molecule has 1 unspecified atom stereocenters. The van der Waals surface area contributed by atoms with Gasteiger partial charge >= 0.3 is 0 Å². The zero-order chi connectivity index (χ0) is 22.5. The highest BCUT2D eigenvalue weighted by atomic mass is 16.2. The Balaban J connectivity index is 2.37. The van der Waals surface area contributed by atoms with E-state index in [9.17, 15) is 14.4 Å². The first-order chi connectivity index (χ1) is 13.0. The highest BCUT2D eigenvalue weighted by Gasteiger charge is 2.39. The summed E-state index contributed by atoms with van der Waals surface area (Å²) in [5.41, 5.74) is 3.29. The Kier molecular flexibility index (Phi) is 1.06. The third-order valence-electron chi connectivity index (χ3n) is 2.50. The van der Waals surface area contributed by atoms with Gasteiger partial charge in [-0.3, -0.25) is 19.7 Å². The van der Waals surface area contributed by atoms with Gasteiger partial charge in [-0.25, -0.2) is 0 Å². The van der Waals surface area contributed by atoms with Crippen LogP contribution in [0.25, 0.3) is 0 Å². The summed E-state index contributed by atoms with van der Waals surface area (Å²) in [6.45, 7) is -3.24. The van der Waals surface area contributed by atoms with E-state index in [1.165, 1.54) is 5.32 Å². The topological polar surface area (TPSA) is 92.5 Å². The average molecular weight is 269 g/mol. The maximum Gasteiger partial charge on any atom is 0.255 e. The van der Waals surface area contributed by atoms with E-state index in [-0.39, 0.29) is 4.90 Å². The molecule has 2 aliphatic heterocycles. The lowest BCUT2D eigenvalue weighted by atomic mass is 10.0. The van der Waals surface area contributed by atoms with Gasteiger partial charge in [-0.1, -0.05) is 6.04 Å². The van der Waals surface area contributed by atoms with Gasteiger partial charge in [0.1, 0.15) is 6.02 Å². The Bertz CT molecular complexity index is 1010. The van der Waals surface area contributed by atoms with Crippen molar-refractivity contribution >= 4 is 23.4 Å². The number of rotatable bonds is 1. The minimum Gasteiger partial charge on any atom is -0.398 e. The standard InChI is InChI=1S/C13H13N3O3/c14-9-3-1-2-7-8(9)6-16(13(7)19)10-4-5-11(17)15-12(10)18/h1-3,10H,4-6,14H2,(H,15,17,18)/i1D,2D,3D,4D2,5D2,6D2,10D. The van der Waals surface area contributed by atoms with E-state index in [1.807, 2.05) is 0 Å². The van der Waals surface area contributed by atoms with Crippen molar-refractivity contribution in [2.75, 3.05) is 5.73 Å². The summed E-state index contributed by atoms with van der Waals surface area (Å²) < 4.78 is 79.5. The molecule has 1 atom stereocenters. The average Bonchev–Trinajstić information content (AvgIpc) is 2.81. The molecule has 2 heterocycles. The van der Waals surface area contributed by atoms with Crippen LogP contribution in [-0.2, 0) is 16.1 Å². The number of hydrogen-bond acceptors (Lipinski definition) is 4. The number of piperidine rings is 1. The van der Waals surface area contributed by atoms with Gasteiger partial charge in [0.05, 0.1) is 8.22 Å². The lowest BCUT2D eigenvalue weighted by Gasteiger charge is -2.29. The van der Waals surface area contributed by atoms with E-state index < -0.39 is 77.9 Å². The van der Waals surface area contributed by atoms with Crippen LogP contribution in [0, 0.1) is 0 Å². The van der Waals surface area contributed by atoms with Crippen molar-refractivity contribution in [2.24, 2.45) is 0 Å². The number of benzene rings is 1. The van der Waals surface area contributed by atoms with Gasteiger partial charge in [0.25, 0.3) is 5.91 Å². The van der Waals surface area contributed by atoms with Crippen molar-refractivity contribution < 1.29 is 28.1 Å². The fraction of sp³-hybridized carbons (Fsp3) is 0.308. The van der Waals surface area contributed by atoms with Gasteiger partial charge < -0.3 is 10.6 Å². The van der Waals surface area contributed by atoms with Crippen LogP contribution < -0.4 is 11.1 Å². The van der Waals surface area contributed by atoms with Crippen molar-refractivity contribution in [2.45, 2.75) is 25.3 Å². The van der Waals surface area contributed by atoms with E-state index >= 15 is 0 Å². The Morgan fingerprint density at radius 2 is 2.26 bits per heavy atom. The molecule has 0 bridgehead atoms. The number of amides is 3. The maximum absolute atomic E-state index is 13.0. The highest BCUT2D eigenvalue weighted by molar-refractivity contribution is 6.06. The van der Waals surface area contributed by atoms with Gasteiger partial charge in [-0.15, -0.1) is 0 Å². The summed E-state index contributed by atoms with van der Waals surface area (Å²) in [7, 11) is 0. The largest absolute Gasteiger partial charge is 0.398 e. The number of imide groups is 1. The first kappa shape index (κ1) is 4.96. The first-order valence-corrected chi connectivity index (χ1v) is 5.07. The van der Waals surface area contributed by atoms with E-state index in [2.05, 4.69) is 0 Å². The van der Waals surface area contributed by atoms with E-state index in [1.54, 1.807) is 0 Å². The molecule has 2 aliphatic rings. The van der Waals surface area contributed by atoms with Crippen molar-refractivity contribution in [3.63, 3.8) is 0 Å². The number of carbonyl (C=O) groups excluding carboxylic acids is 3. The Hall–Kier alpha value is -2.37. The van der Waals surface area contributed by atoms with Crippen LogP contribution in [-0.4, -0.2) is 28.6 Å². The normalized spacial score (nSPS) is 41.9. The van der Waals surface area contributed by atoms with Crippen LogP contribution in [0.1, 0.15) is 42.4 Å². The minimum absolute atomic E-state index is 0.239. The number of nitrogen functional groups attached to an aromatic ring is 1. The molecule has 6 nitrogen and oxygen atoms in total. The molecule has 0 aliphatic carbocycles. The third-order valence-corrected chi connectivity index (χ3v) is 2.50. The van der Waals surface area contributed by atoms with Gasteiger partial charge in [0.15, 0.2) is 0 Å². The lowest BCUT2D eigenvalue weighted by molar-refractivity contribution is -0.136. The molecule has 98 valence electrons. The third kappa shape index (κ3) is 1.76. The molecular weight excluding hydrogens is 246 g/mol. The summed E-state index contributed by atoms with van der Waals surface area (Å²) in [5, 5.41) is 1.44. The van der Waals surface area contributed by atoms with Crippen molar-refractivity contribution in [3.05, 3.63) is 29.3 Å². The molecule has 0 aromatic heterocycles. The van der Waals surface area contributed by atoms with E-state index in [0.29, 0.717) is 0 Å². The van der Waals surface area contributed by atoms with Crippen LogP contribution in [0.3, 0.4) is 0 Å². The zero-order valence-corrected chi connectivity index (χ0v) is 9.25. The second-order valence-corrected chi connectivity index (χ2v) is 3.67. The minimum atomic E-state index is -3.73. The number of nitrogens with zero attached hydrogens (tertiary/aromatic N) is 1. The van der Waals surface area contributed by atoms with Crippen LogP contribution in [0.2, 0.25) is 0 Å². The molecule has 3 amide bonds. The fourth-order valence-electron chi connectivity index (χ4n) is 1.65. The molecule has 1 aromatic rings. The van der Waals surface area contributed by atoms with Gasteiger partial charge in [0, 0.05) is 35.2 Å². The molecule has 1 aromatic carbocycles. The molecule has 6 heteroatoms. The molecular formula is C13H13N3O3. The van der Waals surface area contributed by atoms with Crippen LogP contribution in [0.15, 0.2) is 18.1 Å². The molecule has 1 fully saturated rings. The summed E-state index contributed by atoms with van der Waals surface area (Å²) in [4.78, 5) is 37.0. The van der Waals surface area contributed by atoms with Crippen LogP contribution in [0.4, 0.5) is 5.69 Å². The van der Waals surface area contributed by atoms with Gasteiger partial charge in [0.2, 0.25) is 11.8 Å². The number of fused-ring (bicyclic) bond motifs is 1. The SMILES string of the molecule is [2H]c1c([2H])c(N)c2c(c1[2H])C(=O)N(C1([2H])C(=O)NC(=O)C([2H])([2H])C1([2H])[2H])C2([2H])[2H]. The number of nitrogens with one attached hydrogen (secondary N) is 1. The quantitative estimate of drug-likeness (QED) is 0.555. The monoisotopic (exact) mass is 269 g/mol. The highest BCUT2D eigenvalue weighted by Crippen LogP contribution is 2.30. The number of nitrogens with two attached hydrogens (primary N) is 1. The molecule has 19 heavy (non-hydrogen) atoms. The van der Waals surface area contributed by atoms with Crippen LogP contribution >= 0.6 is 0 Å². The Morgan fingerprint density at radius 1 is 1.47 bits per heavy atom. The second kappa shape index (κ2) is 4.08. The first-order valence-electron chi connectivity index (χ1n) is 10.1. The number of carbonyl (C=O) groups is 3. The van der Waals surface area contributed by atoms with Crippen molar-refractivity contribution in [1.29, 1.82) is 0 Å². The van der Waals surface area contributed by atoms with Crippen LogP contribution in [0.5, 0.6) is 0 Å². The molecule has 0 radical (unpaired) electrons. The summed E-state index contributed by atoms with van der Waals surface area (Å²) in [5.74, 6) is -5.08. The smallest absolute Gasteiger partial charge is 0.255 e. The summed E-state index contributed by atoms with van der Waals surface area (Å²) in [6, 6.07) is -6.16. The molecule has 1 saturated heterocycles. The molecule has 3 N–H and O–H groups in total. The summed E-state index contributed by atoms with van der Waals surface area (Å²) in [6.07, 6.45) is -7.24. The van der Waals surface area contributed by atoms with Crippen molar-refractivity contribution in [1.82, 2.24) is 10.2 Å². The van der Waals surface area contributed by atoms with Gasteiger partial charge in [-0.05, 0) is 18.5 Å². The zero-order valence-electron chi connectivity index (χ0n) is 19.2. The lowest BCUT2D eigenvalue weighted by Crippen LogP contribution is -2.52. The molecule has 0 saturated carbocycles. The number of anilines is 1. The van der Waals surface area contributed by atoms with Gasteiger partial charge in [-0.2, -0.15) is 0 Å². The Labute approximate surface area is 123 Å². The van der Waals surface area contributed by atoms with E-state index in [0.717, 1.165) is 0 Å². The number of hydrogen-bond donors (Lipinski definition) is 2. The Morgan fingerprint density at radius 3 is 3.05 bits per heavy atom. The second-order valence-electron chi connectivity index (χ2n) is 3.67. The van der Waals surface area contributed by atoms with E-state index in [4.69, 9.17) is 19.4 Å².